The Hall–Kier alpha value is -1.14. The first-order valence-electron chi connectivity index (χ1n) is 9.65. The number of amides is 2. The maximum absolute atomic E-state index is 9.45. The van der Waals surface area contributed by atoms with Crippen LogP contribution in [-0.2, 0) is 9.59 Å². The average molecular weight is 371 g/mol. The SMILES string of the molecule is CC1(C)CCCC(C)(C)N1.CC1(C)CCCC(C)(C)N1.NC(=O)C(N)=O. The number of hydrogen-bond acceptors (Lipinski definition) is 4. The number of nitrogens with one attached hydrogen (secondary N) is 2. The maximum Gasteiger partial charge on any atom is 0.306 e. The number of nitrogens with two attached hydrogens (primary N) is 2. The molecule has 2 fully saturated rings. The Bertz CT molecular complexity index is 410. The van der Waals surface area contributed by atoms with Crippen molar-refractivity contribution in [1.29, 1.82) is 0 Å². The summed E-state index contributed by atoms with van der Waals surface area (Å²) in [5, 5.41) is 7.26. The summed E-state index contributed by atoms with van der Waals surface area (Å²) in [6.45, 7) is 18.3. The van der Waals surface area contributed by atoms with E-state index in [4.69, 9.17) is 0 Å². The summed E-state index contributed by atoms with van der Waals surface area (Å²) >= 11 is 0. The van der Waals surface area contributed by atoms with E-state index in [1.165, 1.54) is 38.5 Å². The number of carbonyl (C=O) groups is 2. The van der Waals surface area contributed by atoms with E-state index >= 15 is 0 Å². The molecule has 6 heteroatoms. The lowest BCUT2D eigenvalue weighted by atomic mass is 9.83. The van der Waals surface area contributed by atoms with Crippen molar-refractivity contribution in [3.63, 3.8) is 0 Å². The minimum absolute atomic E-state index is 0.363. The Morgan fingerprint density at radius 2 is 0.769 bits per heavy atom. The van der Waals surface area contributed by atoms with Crippen LogP contribution < -0.4 is 22.1 Å². The molecule has 2 aliphatic heterocycles. The Labute approximate surface area is 160 Å². The van der Waals surface area contributed by atoms with Gasteiger partial charge in [0, 0.05) is 22.2 Å². The molecule has 154 valence electrons. The number of rotatable bonds is 0. The predicted octanol–water partition coefficient (Wildman–Crippen LogP) is 2.59. The molecule has 6 nitrogen and oxygen atoms in total. The van der Waals surface area contributed by atoms with Crippen LogP contribution in [0.5, 0.6) is 0 Å². The summed E-state index contributed by atoms with van der Waals surface area (Å²) in [6.07, 6.45) is 8.00. The van der Waals surface area contributed by atoms with Crippen LogP contribution in [0, 0.1) is 0 Å². The Morgan fingerprint density at radius 1 is 0.577 bits per heavy atom. The quantitative estimate of drug-likeness (QED) is 0.491. The highest BCUT2D eigenvalue weighted by atomic mass is 16.2. The van der Waals surface area contributed by atoms with E-state index < -0.39 is 11.8 Å². The highest BCUT2D eigenvalue weighted by molar-refractivity contribution is 6.33. The largest absolute Gasteiger partial charge is 0.361 e. The molecule has 26 heavy (non-hydrogen) atoms. The van der Waals surface area contributed by atoms with Gasteiger partial charge in [0.15, 0.2) is 0 Å². The molecular formula is C20H42N4O2. The molecule has 2 amide bonds. The number of primary amides is 2. The van der Waals surface area contributed by atoms with Gasteiger partial charge in [-0.05, 0) is 93.9 Å². The summed E-state index contributed by atoms with van der Waals surface area (Å²) in [5.74, 6) is -2.20. The van der Waals surface area contributed by atoms with Crippen molar-refractivity contribution in [1.82, 2.24) is 10.6 Å². The van der Waals surface area contributed by atoms with Crippen LogP contribution in [0.2, 0.25) is 0 Å². The Balaban J connectivity index is 0.000000375. The Morgan fingerprint density at radius 3 is 0.846 bits per heavy atom. The molecule has 2 heterocycles. The highest BCUT2D eigenvalue weighted by Crippen LogP contribution is 2.28. The molecule has 2 aliphatic rings. The normalized spacial score (nSPS) is 24.8. The third-order valence-corrected chi connectivity index (χ3v) is 4.80. The monoisotopic (exact) mass is 370 g/mol. The summed E-state index contributed by atoms with van der Waals surface area (Å²) in [7, 11) is 0. The third kappa shape index (κ3) is 11.5. The van der Waals surface area contributed by atoms with Crippen molar-refractivity contribution >= 4 is 11.8 Å². The molecular weight excluding hydrogens is 328 g/mol. The van der Waals surface area contributed by atoms with Crippen LogP contribution in [0.15, 0.2) is 0 Å². The van der Waals surface area contributed by atoms with E-state index in [0.29, 0.717) is 22.2 Å². The molecule has 0 bridgehead atoms. The topological polar surface area (TPSA) is 110 Å². The van der Waals surface area contributed by atoms with Crippen LogP contribution in [0.25, 0.3) is 0 Å². The van der Waals surface area contributed by atoms with Crippen LogP contribution in [0.3, 0.4) is 0 Å². The van der Waals surface area contributed by atoms with Crippen molar-refractivity contribution in [3.8, 4) is 0 Å². The standard InChI is InChI=1S/2C9H19N.C2H4N2O2/c2*1-8(2)6-5-7-9(3,4)10-8;3-1(5)2(4)6/h2*10H,5-7H2,1-4H3;(H2,3,5)(H2,4,6). The first-order chi connectivity index (χ1) is 11.5. The second kappa shape index (κ2) is 9.18. The molecule has 0 unspecified atom stereocenters. The van der Waals surface area contributed by atoms with Crippen LogP contribution in [-0.4, -0.2) is 34.0 Å². The van der Waals surface area contributed by atoms with Gasteiger partial charge >= 0.3 is 11.8 Å². The van der Waals surface area contributed by atoms with Crippen molar-refractivity contribution in [2.75, 3.05) is 0 Å². The van der Waals surface area contributed by atoms with Crippen molar-refractivity contribution in [3.05, 3.63) is 0 Å². The molecule has 0 aliphatic carbocycles. The fourth-order valence-corrected chi connectivity index (χ4v) is 4.03. The lowest BCUT2D eigenvalue weighted by molar-refractivity contribution is -0.135. The molecule has 0 saturated carbocycles. The van der Waals surface area contributed by atoms with Gasteiger partial charge in [-0.2, -0.15) is 0 Å². The lowest BCUT2D eigenvalue weighted by Crippen LogP contribution is -2.55. The first kappa shape index (κ1) is 24.9. The Kier molecular flexibility index (Phi) is 8.77. The van der Waals surface area contributed by atoms with Crippen molar-refractivity contribution in [2.24, 2.45) is 11.5 Å². The summed E-state index contributed by atoms with van der Waals surface area (Å²) in [6, 6.07) is 0. The second-order valence-electron chi connectivity index (χ2n) is 10.2. The zero-order valence-electron chi connectivity index (χ0n) is 18.2. The predicted molar refractivity (Wildman–Crippen MR) is 109 cm³/mol. The second-order valence-corrected chi connectivity index (χ2v) is 10.2. The molecule has 0 aromatic rings. The van der Waals surface area contributed by atoms with Gasteiger partial charge in [-0.3, -0.25) is 9.59 Å². The summed E-state index contributed by atoms with van der Waals surface area (Å²) < 4.78 is 0. The minimum Gasteiger partial charge on any atom is -0.361 e. The van der Waals surface area contributed by atoms with Gasteiger partial charge in [0.05, 0.1) is 0 Å². The highest BCUT2D eigenvalue weighted by Gasteiger charge is 2.32. The van der Waals surface area contributed by atoms with Gasteiger partial charge in [-0.1, -0.05) is 0 Å². The smallest absolute Gasteiger partial charge is 0.306 e. The fraction of sp³-hybridized carbons (Fsp3) is 0.900. The van der Waals surface area contributed by atoms with Crippen molar-refractivity contribution in [2.45, 2.75) is 116 Å². The third-order valence-electron chi connectivity index (χ3n) is 4.80. The van der Waals surface area contributed by atoms with Gasteiger partial charge in [-0.25, -0.2) is 0 Å². The average Bonchev–Trinajstić information content (AvgIpc) is 2.33. The molecule has 2 rings (SSSR count). The molecule has 0 aromatic carbocycles. The van der Waals surface area contributed by atoms with Gasteiger partial charge < -0.3 is 22.1 Å². The van der Waals surface area contributed by atoms with E-state index in [-0.39, 0.29) is 0 Å². The molecule has 0 aromatic heterocycles. The molecule has 0 radical (unpaired) electrons. The summed E-state index contributed by atoms with van der Waals surface area (Å²) in [4.78, 5) is 18.9. The van der Waals surface area contributed by atoms with Crippen LogP contribution >= 0.6 is 0 Å². The maximum atomic E-state index is 9.45. The van der Waals surface area contributed by atoms with E-state index in [1.54, 1.807) is 0 Å². The minimum atomic E-state index is -1.10. The zero-order valence-corrected chi connectivity index (χ0v) is 18.2. The van der Waals surface area contributed by atoms with E-state index in [9.17, 15) is 9.59 Å². The lowest BCUT2D eigenvalue weighted by Gasteiger charge is -2.42. The number of hydrogen-bond donors (Lipinski definition) is 4. The van der Waals surface area contributed by atoms with Gasteiger partial charge in [-0.15, -0.1) is 0 Å². The van der Waals surface area contributed by atoms with Crippen molar-refractivity contribution < 1.29 is 9.59 Å². The van der Waals surface area contributed by atoms with Crippen LogP contribution in [0.4, 0.5) is 0 Å². The van der Waals surface area contributed by atoms with Crippen LogP contribution in [0.1, 0.15) is 93.9 Å². The first-order valence-corrected chi connectivity index (χ1v) is 9.65. The van der Waals surface area contributed by atoms with Gasteiger partial charge in [0.25, 0.3) is 0 Å². The van der Waals surface area contributed by atoms with Gasteiger partial charge in [0.2, 0.25) is 0 Å². The number of piperidine rings is 2. The summed E-state index contributed by atoms with van der Waals surface area (Å²) in [5.41, 5.74) is 10.1. The molecule has 2 saturated heterocycles. The zero-order chi connectivity index (χ0) is 20.8. The number of carbonyl (C=O) groups excluding carboxylic acids is 2. The van der Waals surface area contributed by atoms with E-state index in [2.05, 4.69) is 77.5 Å². The van der Waals surface area contributed by atoms with Gasteiger partial charge in [0.1, 0.15) is 0 Å². The molecule has 0 spiro atoms. The molecule has 0 atom stereocenters. The van der Waals surface area contributed by atoms with E-state index in [1.807, 2.05) is 0 Å². The van der Waals surface area contributed by atoms with E-state index in [0.717, 1.165) is 0 Å². The molecule has 6 N–H and O–H groups in total. The fourth-order valence-electron chi connectivity index (χ4n) is 4.03.